The van der Waals surface area contributed by atoms with E-state index in [9.17, 15) is 9.36 Å². The summed E-state index contributed by atoms with van der Waals surface area (Å²) in [5.41, 5.74) is 3.93. The van der Waals surface area contributed by atoms with E-state index in [2.05, 4.69) is 25.0 Å². The number of carbonyl (C=O) groups excluding carboxylic acids is 1. The van der Waals surface area contributed by atoms with Crippen molar-refractivity contribution < 1.29 is 41.4 Å². The molecule has 0 aliphatic carbocycles. The third kappa shape index (κ3) is 7.78. The van der Waals surface area contributed by atoms with Crippen molar-refractivity contribution in [1.29, 1.82) is 0 Å². The highest BCUT2D eigenvalue weighted by Gasteiger charge is 2.57. The maximum absolute atomic E-state index is 16.4. The first-order valence-corrected chi connectivity index (χ1v) is 16.5. The molecule has 0 radical (unpaired) electrons. The third-order valence-corrected chi connectivity index (χ3v) is 8.62. The van der Waals surface area contributed by atoms with Crippen LogP contribution in [0.25, 0.3) is 22.1 Å². The van der Waals surface area contributed by atoms with Crippen LogP contribution in [-0.4, -0.2) is 67.9 Å². The zero-order valence-electron chi connectivity index (χ0n) is 26.9. The van der Waals surface area contributed by atoms with Gasteiger partial charge in [0.1, 0.15) is 18.4 Å². The molecule has 4 aromatic rings. The van der Waals surface area contributed by atoms with E-state index < -0.39 is 50.5 Å². The highest BCUT2D eigenvalue weighted by atomic mass is 31.2. The second kappa shape index (κ2) is 12.9. The molecule has 1 aliphatic rings. The van der Waals surface area contributed by atoms with Crippen molar-refractivity contribution >= 4 is 41.7 Å². The molecular weight excluding hydrogens is 639 g/mol. The number of hydrogen-bond donors (Lipinski definition) is 2. The number of imidazole rings is 1. The molecule has 2 unspecified atom stereocenters. The Morgan fingerprint density at radius 2 is 2.00 bits per heavy atom. The van der Waals surface area contributed by atoms with Crippen LogP contribution in [0, 0.1) is 5.41 Å². The number of nitrogens with one attached hydrogen (secondary N) is 1. The fraction of sp³-hybridized carbons (Fsp3) is 0.500. The number of benzene rings is 1. The van der Waals surface area contributed by atoms with Crippen molar-refractivity contribution in [3.8, 4) is 11.6 Å². The Kier molecular flexibility index (Phi) is 9.43. The number of fused-ring (bicyclic) bond motifs is 2. The number of esters is 1. The predicted molar refractivity (Wildman–Crippen MR) is 168 cm³/mol. The van der Waals surface area contributed by atoms with Gasteiger partial charge in [0.05, 0.1) is 25.1 Å². The summed E-state index contributed by atoms with van der Waals surface area (Å²) < 4.78 is 75.8. The third-order valence-electron chi connectivity index (χ3n) is 7.01. The summed E-state index contributed by atoms with van der Waals surface area (Å²) in [5, 5.41) is 3.01. The average molecular weight is 678 g/mol. The van der Waals surface area contributed by atoms with Gasteiger partial charge in [0.2, 0.25) is 17.7 Å². The lowest BCUT2D eigenvalue weighted by molar-refractivity contribution is -0.177. The average Bonchev–Trinajstić information content (AvgIpc) is 3.51. The molecule has 1 saturated heterocycles. The van der Waals surface area contributed by atoms with E-state index in [-0.39, 0.29) is 47.4 Å². The lowest BCUT2D eigenvalue weighted by atomic mass is 9.99. The number of hydrogen-bond acceptors (Lipinski definition) is 12. The molecule has 0 bridgehead atoms. The van der Waals surface area contributed by atoms with Crippen molar-refractivity contribution in [3.63, 3.8) is 0 Å². The molecule has 17 heteroatoms. The Balaban J connectivity index is 1.41. The molecule has 14 nitrogen and oxygen atoms in total. The Bertz CT molecular complexity index is 1810. The van der Waals surface area contributed by atoms with Gasteiger partial charge in [-0.25, -0.2) is 18.3 Å². The minimum Gasteiger partial charge on any atom is -0.476 e. The van der Waals surface area contributed by atoms with Crippen LogP contribution < -0.4 is 20.1 Å². The zero-order chi connectivity index (χ0) is 34.2. The number of carbonyl (C=O) groups is 1. The van der Waals surface area contributed by atoms with Crippen molar-refractivity contribution in [2.75, 3.05) is 25.6 Å². The summed E-state index contributed by atoms with van der Waals surface area (Å²) in [5.74, 6) is -3.56. The van der Waals surface area contributed by atoms with Gasteiger partial charge in [-0.05, 0) is 50.5 Å². The minimum absolute atomic E-state index is 0.0582. The lowest BCUT2D eigenvalue weighted by Crippen LogP contribution is -2.38. The topological polar surface area (TPSA) is 175 Å². The summed E-state index contributed by atoms with van der Waals surface area (Å²) in [7, 11) is -4.59. The summed E-state index contributed by atoms with van der Waals surface area (Å²) in [6.07, 6.45) is 0.369. The van der Waals surface area contributed by atoms with E-state index in [4.69, 9.17) is 29.0 Å². The molecule has 1 aliphatic heterocycles. The maximum atomic E-state index is 16.4. The zero-order valence-corrected chi connectivity index (χ0v) is 27.8. The largest absolute Gasteiger partial charge is 0.476 e. The van der Waals surface area contributed by atoms with Crippen LogP contribution in [0.3, 0.4) is 0 Å². The molecule has 5 atom stereocenters. The Labute approximate surface area is 269 Å². The van der Waals surface area contributed by atoms with E-state index in [0.29, 0.717) is 10.9 Å². The number of nitrogens with two attached hydrogens (primary N) is 1. The molecular formula is C30H38F2N7O7P. The van der Waals surface area contributed by atoms with Crippen molar-refractivity contribution in [1.82, 2.24) is 29.6 Å². The van der Waals surface area contributed by atoms with E-state index >= 15 is 8.78 Å². The minimum atomic E-state index is -4.59. The lowest BCUT2D eigenvalue weighted by Gasteiger charge is -2.27. The SMILES string of the molecule is CCOc1nc(N)nc2c1ncn2[C@@H]1O[C@](F)(COP(=O)(NC(C)C(=O)OCC(C)(C)C)Oc2cccc3ncccc23)C[C@@]1(C)F. The number of halogens is 2. The molecule has 254 valence electrons. The number of nitrogens with zero attached hydrogens (tertiary/aromatic N) is 5. The highest BCUT2D eigenvalue weighted by molar-refractivity contribution is 7.52. The number of pyridine rings is 1. The van der Waals surface area contributed by atoms with E-state index in [1.165, 1.54) is 23.9 Å². The first-order chi connectivity index (χ1) is 22.0. The molecule has 3 aromatic heterocycles. The molecule has 1 fully saturated rings. The van der Waals surface area contributed by atoms with Gasteiger partial charge in [-0.1, -0.05) is 26.8 Å². The van der Waals surface area contributed by atoms with Crippen LogP contribution in [0.2, 0.25) is 0 Å². The van der Waals surface area contributed by atoms with Gasteiger partial charge in [0, 0.05) is 18.0 Å². The monoisotopic (exact) mass is 677 g/mol. The van der Waals surface area contributed by atoms with Crippen LogP contribution in [0.5, 0.6) is 11.6 Å². The molecule has 0 amide bonds. The second-order valence-corrected chi connectivity index (χ2v) is 14.4. The van der Waals surface area contributed by atoms with Gasteiger partial charge in [0.15, 0.2) is 23.1 Å². The Morgan fingerprint density at radius 3 is 2.72 bits per heavy atom. The number of rotatable bonds is 12. The maximum Gasteiger partial charge on any atom is 0.459 e. The summed E-state index contributed by atoms with van der Waals surface area (Å²) >= 11 is 0. The number of alkyl halides is 2. The van der Waals surface area contributed by atoms with Crippen LogP contribution >= 0.6 is 7.75 Å². The molecule has 4 heterocycles. The van der Waals surface area contributed by atoms with Crippen LogP contribution in [0.4, 0.5) is 14.7 Å². The summed E-state index contributed by atoms with van der Waals surface area (Å²) in [4.78, 5) is 29.4. The van der Waals surface area contributed by atoms with Gasteiger partial charge < -0.3 is 24.5 Å². The van der Waals surface area contributed by atoms with Gasteiger partial charge in [-0.2, -0.15) is 15.1 Å². The number of ether oxygens (including phenoxy) is 3. The fourth-order valence-corrected chi connectivity index (χ4v) is 6.51. The van der Waals surface area contributed by atoms with Crippen LogP contribution in [0.1, 0.15) is 54.2 Å². The van der Waals surface area contributed by atoms with Gasteiger partial charge in [-0.15, -0.1) is 0 Å². The molecule has 5 rings (SSSR count). The predicted octanol–water partition coefficient (Wildman–Crippen LogP) is 5.44. The molecule has 0 spiro atoms. The van der Waals surface area contributed by atoms with E-state index in [1.54, 1.807) is 37.4 Å². The quantitative estimate of drug-likeness (QED) is 0.143. The normalized spacial score (nSPS) is 23.4. The van der Waals surface area contributed by atoms with Crippen molar-refractivity contribution in [2.45, 2.75) is 71.8 Å². The second-order valence-electron chi connectivity index (χ2n) is 12.7. The highest BCUT2D eigenvalue weighted by Crippen LogP contribution is 2.52. The number of anilines is 1. The fourth-order valence-electron chi connectivity index (χ4n) is 4.97. The molecule has 3 N–H and O–H groups in total. The van der Waals surface area contributed by atoms with Gasteiger partial charge in [-0.3, -0.25) is 18.9 Å². The van der Waals surface area contributed by atoms with E-state index in [1.807, 2.05) is 20.8 Å². The summed E-state index contributed by atoms with van der Waals surface area (Å²) in [6.45, 7) is 9.21. The number of aromatic nitrogens is 5. The standard InChI is InChI=1S/C30H38F2N7O7P/c1-7-42-24-22-23(36-27(33)37-24)39(17-35-22)26-29(6,31)14-30(32,45-26)16-44-47(41,38-18(2)25(40)43-15-28(3,4)5)46-21-12-8-11-20-19(21)10-9-13-34-20/h8-13,17-18,26H,7,14-16H2,1-6H3,(H,38,41)(H2,33,36,37)/t18?,26-,29-,30+,47?/m1/s1. The smallest absolute Gasteiger partial charge is 0.459 e. The van der Waals surface area contributed by atoms with Crippen LogP contribution in [-0.2, 0) is 23.4 Å². The van der Waals surface area contributed by atoms with Gasteiger partial charge >= 0.3 is 13.7 Å². The number of nitrogen functional groups attached to an aromatic ring is 1. The Morgan fingerprint density at radius 1 is 1.23 bits per heavy atom. The van der Waals surface area contributed by atoms with Gasteiger partial charge in [0.25, 0.3) is 0 Å². The Hall–Kier alpha value is -3.98. The van der Waals surface area contributed by atoms with E-state index in [0.717, 1.165) is 6.92 Å². The first kappa shape index (κ1) is 34.4. The summed E-state index contributed by atoms with van der Waals surface area (Å²) in [6, 6.07) is 6.98. The van der Waals surface area contributed by atoms with Crippen molar-refractivity contribution in [3.05, 3.63) is 42.9 Å². The van der Waals surface area contributed by atoms with Crippen LogP contribution in [0.15, 0.2) is 42.9 Å². The molecule has 47 heavy (non-hydrogen) atoms. The molecule has 1 aromatic carbocycles. The van der Waals surface area contributed by atoms with Crippen molar-refractivity contribution in [2.24, 2.45) is 5.41 Å². The molecule has 0 saturated carbocycles. The first-order valence-electron chi connectivity index (χ1n) is 14.9.